The number of aromatic nitrogens is 3. The van der Waals surface area contributed by atoms with Crippen molar-refractivity contribution >= 4 is 28.8 Å². The highest BCUT2D eigenvalue weighted by atomic mass is 16.5. The van der Waals surface area contributed by atoms with Crippen molar-refractivity contribution in [3.05, 3.63) is 95.1 Å². The number of amides is 2. The van der Waals surface area contributed by atoms with Gasteiger partial charge in [0.1, 0.15) is 18.1 Å². The maximum Gasteiger partial charge on any atom is 0.337 e. The monoisotopic (exact) mass is 541 g/mol. The Hall–Kier alpha value is -4.53. The number of aryl methyl sites for hydroxylation is 1. The van der Waals surface area contributed by atoms with Crippen molar-refractivity contribution in [2.24, 2.45) is 0 Å². The van der Waals surface area contributed by atoms with Crippen molar-refractivity contribution in [2.45, 2.75) is 52.2 Å². The molecule has 0 spiro atoms. The van der Waals surface area contributed by atoms with Gasteiger partial charge in [-0.15, -0.1) is 5.10 Å². The lowest BCUT2D eigenvalue weighted by Gasteiger charge is -2.34. The standard InChI is InChI=1S/C31H35N5O4/c1-21-9-8-10-22(19-21)17-18-35(27(37)20-36-26-12-7-6-11-25(26)33-34-36)28(29(38)32-31(2,3)4)23-13-15-24(16-14-23)30(39)40-5/h6-16,19,28H,17-18,20H2,1-5H3,(H,32,38). The molecule has 0 saturated heterocycles. The zero-order chi connectivity index (χ0) is 28.9. The number of hydrogen-bond donors (Lipinski definition) is 1. The lowest BCUT2D eigenvalue weighted by atomic mass is 9.99. The Labute approximate surface area is 234 Å². The van der Waals surface area contributed by atoms with E-state index in [1.54, 1.807) is 33.8 Å². The number of nitrogens with one attached hydrogen (secondary N) is 1. The van der Waals surface area contributed by atoms with Crippen LogP contribution in [-0.4, -0.2) is 56.9 Å². The van der Waals surface area contributed by atoms with Crippen LogP contribution in [0, 0.1) is 6.92 Å². The number of para-hydroxylation sites is 1. The molecule has 208 valence electrons. The number of nitrogens with zero attached hydrogens (tertiary/aromatic N) is 4. The maximum atomic E-state index is 14.0. The normalized spacial score (nSPS) is 12.1. The Balaban J connectivity index is 1.74. The molecule has 1 aromatic heterocycles. The zero-order valence-corrected chi connectivity index (χ0v) is 23.5. The van der Waals surface area contributed by atoms with Crippen molar-refractivity contribution in [3.8, 4) is 0 Å². The van der Waals surface area contributed by atoms with E-state index in [4.69, 9.17) is 4.74 Å². The highest BCUT2D eigenvalue weighted by molar-refractivity contribution is 5.91. The number of carbonyl (C=O) groups excluding carboxylic acids is 3. The fraction of sp³-hybridized carbons (Fsp3) is 0.323. The minimum Gasteiger partial charge on any atom is -0.465 e. The first-order chi connectivity index (χ1) is 19.1. The Morgan fingerprint density at radius 2 is 1.73 bits per heavy atom. The molecule has 9 nitrogen and oxygen atoms in total. The molecule has 0 aliphatic rings. The quantitative estimate of drug-likeness (QED) is 0.318. The lowest BCUT2D eigenvalue weighted by Crippen LogP contribution is -2.50. The van der Waals surface area contributed by atoms with E-state index in [9.17, 15) is 14.4 Å². The van der Waals surface area contributed by atoms with Crippen LogP contribution in [0.15, 0.2) is 72.8 Å². The second-order valence-electron chi connectivity index (χ2n) is 10.8. The summed E-state index contributed by atoms with van der Waals surface area (Å²) >= 11 is 0. The van der Waals surface area contributed by atoms with Crippen LogP contribution in [0.1, 0.15) is 53.9 Å². The Morgan fingerprint density at radius 1 is 1.00 bits per heavy atom. The highest BCUT2D eigenvalue weighted by Crippen LogP contribution is 2.25. The number of ether oxygens (including phenoxy) is 1. The number of benzene rings is 3. The van der Waals surface area contributed by atoms with Gasteiger partial charge in [0.25, 0.3) is 0 Å². The van der Waals surface area contributed by atoms with Gasteiger partial charge in [0.15, 0.2) is 0 Å². The van der Waals surface area contributed by atoms with Crippen LogP contribution in [0.3, 0.4) is 0 Å². The summed E-state index contributed by atoms with van der Waals surface area (Å²) in [5, 5.41) is 11.4. The van der Waals surface area contributed by atoms with Gasteiger partial charge in [-0.25, -0.2) is 9.48 Å². The summed E-state index contributed by atoms with van der Waals surface area (Å²) in [4.78, 5) is 41.5. The van der Waals surface area contributed by atoms with Crippen LogP contribution < -0.4 is 5.32 Å². The van der Waals surface area contributed by atoms with E-state index >= 15 is 0 Å². The lowest BCUT2D eigenvalue weighted by molar-refractivity contribution is -0.142. The van der Waals surface area contributed by atoms with Crippen LogP contribution >= 0.6 is 0 Å². The largest absolute Gasteiger partial charge is 0.465 e. The van der Waals surface area contributed by atoms with Gasteiger partial charge in [0.05, 0.1) is 18.2 Å². The molecular weight excluding hydrogens is 506 g/mol. The summed E-state index contributed by atoms with van der Waals surface area (Å²) in [6, 6.07) is 21.1. The topological polar surface area (TPSA) is 106 Å². The van der Waals surface area contributed by atoms with E-state index in [1.165, 1.54) is 7.11 Å². The van der Waals surface area contributed by atoms with Gasteiger partial charge in [0, 0.05) is 12.1 Å². The summed E-state index contributed by atoms with van der Waals surface area (Å²) in [5.41, 5.74) is 3.98. The summed E-state index contributed by atoms with van der Waals surface area (Å²) in [6.07, 6.45) is 0.547. The first kappa shape index (κ1) is 28.5. The Morgan fingerprint density at radius 3 is 2.40 bits per heavy atom. The number of carbonyl (C=O) groups is 3. The summed E-state index contributed by atoms with van der Waals surface area (Å²) in [5.74, 6) is -1.08. The molecule has 9 heteroatoms. The fourth-order valence-corrected chi connectivity index (χ4v) is 4.60. The molecule has 0 aliphatic heterocycles. The van der Waals surface area contributed by atoms with Gasteiger partial charge in [-0.1, -0.05) is 59.3 Å². The Bertz CT molecular complexity index is 1500. The molecule has 4 rings (SSSR count). The first-order valence-electron chi connectivity index (χ1n) is 13.2. The predicted octanol–water partition coefficient (Wildman–Crippen LogP) is 4.25. The molecule has 1 N–H and O–H groups in total. The van der Waals surface area contributed by atoms with Gasteiger partial charge in [-0.2, -0.15) is 0 Å². The van der Waals surface area contributed by atoms with Crippen LogP contribution in [0.5, 0.6) is 0 Å². The Kier molecular flexibility index (Phi) is 8.62. The minimum absolute atomic E-state index is 0.0894. The van der Waals surface area contributed by atoms with E-state index in [-0.39, 0.29) is 24.9 Å². The number of esters is 1. The number of rotatable bonds is 9. The van der Waals surface area contributed by atoms with Gasteiger partial charge in [0.2, 0.25) is 11.8 Å². The number of methoxy groups -OCH3 is 1. The van der Waals surface area contributed by atoms with Crippen molar-refractivity contribution < 1.29 is 19.1 Å². The van der Waals surface area contributed by atoms with E-state index in [0.717, 1.165) is 16.6 Å². The molecule has 0 aliphatic carbocycles. The number of hydrogen-bond acceptors (Lipinski definition) is 6. The van der Waals surface area contributed by atoms with Crippen LogP contribution in [0.25, 0.3) is 11.0 Å². The molecular formula is C31H35N5O4. The average molecular weight is 542 g/mol. The van der Waals surface area contributed by atoms with Crippen molar-refractivity contribution in [1.29, 1.82) is 0 Å². The van der Waals surface area contributed by atoms with E-state index in [1.807, 2.05) is 70.2 Å². The van der Waals surface area contributed by atoms with E-state index in [0.29, 0.717) is 23.1 Å². The molecule has 40 heavy (non-hydrogen) atoms. The fourth-order valence-electron chi connectivity index (χ4n) is 4.60. The third kappa shape index (κ3) is 6.91. The van der Waals surface area contributed by atoms with Crippen molar-refractivity contribution in [3.63, 3.8) is 0 Å². The SMILES string of the molecule is COC(=O)c1ccc(C(C(=O)NC(C)(C)C)N(CCc2cccc(C)c2)C(=O)Cn2nnc3ccccc32)cc1. The molecule has 1 atom stereocenters. The second-order valence-corrected chi connectivity index (χ2v) is 10.8. The summed E-state index contributed by atoms with van der Waals surface area (Å²) < 4.78 is 6.38. The van der Waals surface area contributed by atoms with Gasteiger partial charge in [-0.3, -0.25) is 9.59 Å². The van der Waals surface area contributed by atoms with Crippen LogP contribution in [-0.2, 0) is 27.3 Å². The third-order valence-electron chi connectivity index (χ3n) is 6.46. The highest BCUT2D eigenvalue weighted by Gasteiger charge is 2.33. The van der Waals surface area contributed by atoms with Crippen molar-refractivity contribution in [1.82, 2.24) is 25.2 Å². The molecule has 0 saturated carbocycles. The zero-order valence-electron chi connectivity index (χ0n) is 23.5. The molecule has 0 bridgehead atoms. The molecule has 4 aromatic rings. The molecule has 1 unspecified atom stereocenters. The van der Waals surface area contributed by atoms with Gasteiger partial charge >= 0.3 is 5.97 Å². The minimum atomic E-state index is -0.946. The van der Waals surface area contributed by atoms with Gasteiger partial charge < -0.3 is 15.0 Å². The summed E-state index contributed by atoms with van der Waals surface area (Å²) in [7, 11) is 1.31. The average Bonchev–Trinajstić information content (AvgIpc) is 3.32. The van der Waals surface area contributed by atoms with E-state index < -0.39 is 17.6 Å². The smallest absolute Gasteiger partial charge is 0.337 e. The maximum absolute atomic E-state index is 14.0. The summed E-state index contributed by atoms with van der Waals surface area (Å²) in [6.45, 7) is 7.89. The molecule has 0 fully saturated rings. The third-order valence-corrected chi connectivity index (χ3v) is 6.46. The van der Waals surface area contributed by atoms with Crippen LogP contribution in [0.4, 0.5) is 0 Å². The second kappa shape index (κ2) is 12.1. The van der Waals surface area contributed by atoms with E-state index in [2.05, 4.69) is 21.7 Å². The molecule has 2 amide bonds. The molecule has 0 radical (unpaired) electrons. The van der Waals surface area contributed by atoms with Gasteiger partial charge in [-0.05, 0) is 69.5 Å². The molecule has 3 aromatic carbocycles. The van der Waals surface area contributed by atoms with Crippen molar-refractivity contribution in [2.75, 3.05) is 13.7 Å². The molecule has 1 heterocycles. The predicted molar refractivity (Wildman–Crippen MR) is 153 cm³/mol. The first-order valence-corrected chi connectivity index (χ1v) is 13.2. The number of fused-ring (bicyclic) bond motifs is 1. The van der Waals surface area contributed by atoms with Crippen LogP contribution in [0.2, 0.25) is 0 Å².